The molecule has 3 nitrogen and oxygen atoms in total. The molecule has 0 spiro atoms. The molecule has 0 unspecified atom stereocenters. The Morgan fingerprint density at radius 1 is 1.14 bits per heavy atom. The number of carbonyl (C=O) groups is 1. The summed E-state index contributed by atoms with van der Waals surface area (Å²) < 4.78 is 1.94. The largest absolute Gasteiger partial charge is 0.338 e. The van der Waals surface area contributed by atoms with Crippen LogP contribution >= 0.6 is 11.6 Å². The Morgan fingerprint density at radius 3 is 2.76 bits per heavy atom. The minimum atomic E-state index is -0.0953. The predicted molar refractivity (Wildman–Crippen MR) is 86.8 cm³/mol. The topological polar surface area (TPSA) is 34.0 Å². The van der Waals surface area contributed by atoms with Gasteiger partial charge in [0.05, 0.1) is 10.7 Å². The maximum Gasteiger partial charge on any atom is 0.244 e. The fourth-order valence-electron chi connectivity index (χ4n) is 2.42. The molecule has 1 aromatic heterocycles. The van der Waals surface area contributed by atoms with Gasteiger partial charge in [0.25, 0.3) is 0 Å². The van der Waals surface area contributed by atoms with Crippen LogP contribution in [-0.4, -0.2) is 10.5 Å². The molecule has 3 aromatic rings. The lowest BCUT2D eigenvalue weighted by molar-refractivity contribution is -0.116. The van der Waals surface area contributed by atoms with E-state index in [0.29, 0.717) is 10.7 Å². The van der Waals surface area contributed by atoms with Crippen molar-refractivity contribution in [1.29, 1.82) is 0 Å². The number of aryl methyl sites for hydroxylation is 1. The Morgan fingerprint density at radius 2 is 1.95 bits per heavy atom. The van der Waals surface area contributed by atoms with Gasteiger partial charge in [0.2, 0.25) is 5.91 Å². The Balaban J connectivity index is 1.81. The Kier molecular flexibility index (Phi) is 3.67. The quantitative estimate of drug-likeness (QED) is 0.771. The summed E-state index contributed by atoms with van der Waals surface area (Å²) in [5.41, 5.74) is 2.90. The third-order valence-corrected chi connectivity index (χ3v) is 3.82. The molecule has 4 heteroatoms. The van der Waals surface area contributed by atoms with Gasteiger partial charge < -0.3 is 9.88 Å². The van der Waals surface area contributed by atoms with Gasteiger partial charge in [-0.2, -0.15) is 0 Å². The standard InChI is InChI=1S/C17H15ClN2O/c1-12-5-4-8-16-13(12)9-10-20(16)11-17(21)19-15-7-3-2-6-14(15)18/h2-10H,11H2,1H3,(H,19,21). The minimum absolute atomic E-state index is 0.0953. The van der Waals surface area contributed by atoms with E-state index in [1.54, 1.807) is 12.1 Å². The van der Waals surface area contributed by atoms with E-state index in [2.05, 4.69) is 18.3 Å². The Bertz CT molecular complexity index is 807. The zero-order chi connectivity index (χ0) is 14.8. The first-order chi connectivity index (χ1) is 10.1. The molecule has 0 saturated carbocycles. The molecule has 0 radical (unpaired) electrons. The number of hydrogen-bond acceptors (Lipinski definition) is 1. The summed E-state index contributed by atoms with van der Waals surface area (Å²) in [5, 5.41) is 4.55. The number of halogens is 1. The van der Waals surface area contributed by atoms with Crippen LogP contribution in [0, 0.1) is 6.92 Å². The van der Waals surface area contributed by atoms with E-state index in [0.717, 1.165) is 5.52 Å². The molecule has 3 rings (SSSR count). The summed E-state index contributed by atoms with van der Waals surface area (Å²) >= 11 is 6.04. The van der Waals surface area contributed by atoms with Crippen molar-refractivity contribution in [2.45, 2.75) is 13.5 Å². The van der Waals surface area contributed by atoms with Crippen molar-refractivity contribution in [3.05, 3.63) is 65.3 Å². The second-order valence-corrected chi connectivity index (χ2v) is 5.39. The highest BCUT2D eigenvalue weighted by Crippen LogP contribution is 2.22. The summed E-state index contributed by atoms with van der Waals surface area (Å²) in [5.74, 6) is -0.0953. The summed E-state index contributed by atoms with van der Waals surface area (Å²) in [6.07, 6.45) is 1.93. The molecule has 1 heterocycles. The number of fused-ring (bicyclic) bond motifs is 1. The van der Waals surface area contributed by atoms with Crippen molar-refractivity contribution >= 4 is 34.1 Å². The number of anilines is 1. The van der Waals surface area contributed by atoms with Gasteiger partial charge in [-0.1, -0.05) is 35.9 Å². The monoisotopic (exact) mass is 298 g/mol. The predicted octanol–water partition coefficient (Wildman–Crippen LogP) is 4.24. The maximum atomic E-state index is 12.2. The van der Waals surface area contributed by atoms with E-state index >= 15 is 0 Å². The Labute approximate surface area is 128 Å². The summed E-state index contributed by atoms with van der Waals surface area (Å²) in [6, 6.07) is 15.3. The first-order valence-electron chi connectivity index (χ1n) is 6.74. The molecule has 0 aliphatic rings. The molecule has 21 heavy (non-hydrogen) atoms. The highest BCUT2D eigenvalue weighted by molar-refractivity contribution is 6.33. The van der Waals surface area contributed by atoms with E-state index in [1.165, 1.54) is 10.9 Å². The van der Waals surface area contributed by atoms with Gasteiger partial charge in [-0.05, 0) is 36.8 Å². The Hall–Kier alpha value is -2.26. The van der Waals surface area contributed by atoms with Crippen molar-refractivity contribution in [3.63, 3.8) is 0 Å². The molecule has 0 aliphatic heterocycles. The van der Waals surface area contributed by atoms with Gasteiger partial charge >= 0.3 is 0 Å². The molecule has 0 fully saturated rings. The van der Waals surface area contributed by atoms with Crippen molar-refractivity contribution < 1.29 is 4.79 Å². The molecule has 2 aromatic carbocycles. The first-order valence-corrected chi connectivity index (χ1v) is 7.12. The van der Waals surface area contributed by atoms with Crippen LogP contribution in [-0.2, 0) is 11.3 Å². The number of rotatable bonds is 3. The molecular formula is C17H15ClN2O. The molecule has 0 aliphatic carbocycles. The lowest BCUT2D eigenvalue weighted by Gasteiger charge is -2.09. The van der Waals surface area contributed by atoms with Crippen LogP contribution in [0.4, 0.5) is 5.69 Å². The molecular weight excluding hydrogens is 284 g/mol. The SMILES string of the molecule is Cc1cccc2c1ccn2CC(=O)Nc1ccccc1Cl. The van der Waals surface area contributed by atoms with Crippen LogP contribution < -0.4 is 5.32 Å². The van der Waals surface area contributed by atoms with Gasteiger partial charge in [0.15, 0.2) is 0 Å². The van der Waals surface area contributed by atoms with Crippen molar-refractivity contribution in [2.24, 2.45) is 0 Å². The molecule has 1 amide bonds. The smallest absolute Gasteiger partial charge is 0.244 e. The van der Waals surface area contributed by atoms with Crippen LogP contribution in [0.2, 0.25) is 5.02 Å². The zero-order valence-corrected chi connectivity index (χ0v) is 12.4. The van der Waals surface area contributed by atoms with Gasteiger partial charge in [0.1, 0.15) is 6.54 Å². The van der Waals surface area contributed by atoms with E-state index in [9.17, 15) is 4.79 Å². The van der Waals surface area contributed by atoms with Crippen LogP contribution in [0.15, 0.2) is 54.7 Å². The second kappa shape index (κ2) is 5.62. The third-order valence-electron chi connectivity index (χ3n) is 3.49. The van der Waals surface area contributed by atoms with Gasteiger partial charge in [-0.15, -0.1) is 0 Å². The second-order valence-electron chi connectivity index (χ2n) is 4.98. The molecule has 0 saturated heterocycles. The lowest BCUT2D eigenvalue weighted by atomic mass is 10.1. The number of nitrogens with zero attached hydrogens (tertiary/aromatic N) is 1. The lowest BCUT2D eigenvalue weighted by Crippen LogP contribution is -2.18. The maximum absolute atomic E-state index is 12.2. The molecule has 106 valence electrons. The average Bonchev–Trinajstić information content (AvgIpc) is 2.86. The van der Waals surface area contributed by atoms with Gasteiger partial charge in [-0.25, -0.2) is 0 Å². The molecule has 0 bridgehead atoms. The highest BCUT2D eigenvalue weighted by atomic mass is 35.5. The van der Waals surface area contributed by atoms with Crippen LogP contribution in [0.3, 0.4) is 0 Å². The zero-order valence-electron chi connectivity index (χ0n) is 11.6. The summed E-state index contributed by atoms with van der Waals surface area (Å²) in [4.78, 5) is 12.2. The van der Waals surface area contributed by atoms with Crippen LogP contribution in [0.25, 0.3) is 10.9 Å². The number of hydrogen-bond donors (Lipinski definition) is 1. The number of benzene rings is 2. The fourth-order valence-corrected chi connectivity index (χ4v) is 2.61. The van der Waals surface area contributed by atoms with Gasteiger partial charge in [-0.3, -0.25) is 4.79 Å². The average molecular weight is 299 g/mol. The third kappa shape index (κ3) is 2.78. The van der Waals surface area contributed by atoms with Gasteiger partial charge in [0, 0.05) is 17.1 Å². The minimum Gasteiger partial charge on any atom is -0.338 e. The summed E-state index contributed by atoms with van der Waals surface area (Å²) in [7, 11) is 0. The first kappa shape index (κ1) is 13.7. The van der Waals surface area contributed by atoms with E-state index in [4.69, 9.17) is 11.6 Å². The van der Waals surface area contributed by atoms with E-state index < -0.39 is 0 Å². The normalized spacial score (nSPS) is 10.8. The number of aromatic nitrogens is 1. The van der Waals surface area contributed by atoms with Crippen molar-refractivity contribution in [1.82, 2.24) is 4.57 Å². The highest BCUT2D eigenvalue weighted by Gasteiger charge is 2.09. The molecule has 0 atom stereocenters. The van der Waals surface area contributed by atoms with E-state index in [1.807, 2.05) is 41.1 Å². The fraction of sp³-hybridized carbons (Fsp3) is 0.118. The van der Waals surface area contributed by atoms with Crippen LogP contribution in [0.5, 0.6) is 0 Å². The van der Waals surface area contributed by atoms with Crippen molar-refractivity contribution in [3.8, 4) is 0 Å². The molecule has 1 N–H and O–H groups in total. The van der Waals surface area contributed by atoms with Crippen LogP contribution in [0.1, 0.15) is 5.56 Å². The number of para-hydroxylation sites is 1. The van der Waals surface area contributed by atoms with E-state index in [-0.39, 0.29) is 12.5 Å². The number of nitrogens with one attached hydrogen (secondary N) is 1. The number of amides is 1. The number of carbonyl (C=O) groups excluding carboxylic acids is 1. The van der Waals surface area contributed by atoms with Crippen molar-refractivity contribution in [2.75, 3.05) is 5.32 Å². The summed E-state index contributed by atoms with van der Waals surface area (Å²) in [6.45, 7) is 2.33.